The van der Waals surface area contributed by atoms with Crippen LogP contribution in [0.2, 0.25) is 0 Å². The Morgan fingerprint density at radius 1 is 0.955 bits per heavy atom. The fourth-order valence-corrected chi connectivity index (χ4v) is 3.49. The first-order valence-corrected chi connectivity index (χ1v) is 7.78. The molecule has 3 aromatic rings. The molecule has 0 bridgehead atoms. The van der Waals surface area contributed by atoms with Crippen LogP contribution in [0.5, 0.6) is 0 Å². The molecule has 1 aliphatic heterocycles. The van der Waals surface area contributed by atoms with Gasteiger partial charge in [-0.1, -0.05) is 48.5 Å². The minimum absolute atomic E-state index is 0. The van der Waals surface area contributed by atoms with Crippen molar-refractivity contribution in [2.24, 2.45) is 0 Å². The van der Waals surface area contributed by atoms with Gasteiger partial charge < -0.3 is 10.3 Å². The van der Waals surface area contributed by atoms with E-state index in [1.165, 1.54) is 27.7 Å². The van der Waals surface area contributed by atoms with Crippen LogP contribution < -0.4 is 5.32 Å². The molecule has 0 saturated carbocycles. The van der Waals surface area contributed by atoms with Crippen LogP contribution in [0.1, 0.15) is 29.3 Å². The number of nitrogens with one attached hydrogen (secondary N) is 2. The first kappa shape index (κ1) is 15.1. The molecule has 0 fully saturated rings. The number of para-hydroxylation sites is 1. The number of aryl methyl sites for hydroxylation is 1. The number of H-pyrrole nitrogens is 1. The maximum Gasteiger partial charge on any atom is 0.0459 e. The van der Waals surface area contributed by atoms with E-state index in [4.69, 9.17) is 0 Å². The van der Waals surface area contributed by atoms with Gasteiger partial charge in [0.05, 0.1) is 0 Å². The average Bonchev–Trinajstić information content (AvgIpc) is 2.93. The molecule has 0 aliphatic carbocycles. The van der Waals surface area contributed by atoms with Crippen LogP contribution in [0.4, 0.5) is 0 Å². The smallest absolute Gasteiger partial charge is 0.0459 e. The number of hydrogen-bond donors (Lipinski definition) is 2. The number of aromatic nitrogens is 1. The van der Waals surface area contributed by atoms with Crippen molar-refractivity contribution in [1.82, 2.24) is 10.3 Å². The molecule has 0 amide bonds. The van der Waals surface area contributed by atoms with Crippen molar-refractivity contribution < 1.29 is 0 Å². The minimum atomic E-state index is 0. The monoisotopic (exact) mass is 312 g/mol. The molecule has 2 aromatic carbocycles. The fourth-order valence-electron chi connectivity index (χ4n) is 3.49. The maximum absolute atomic E-state index is 3.70. The molecule has 1 aliphatic rings. The Kier molecular flexibility index (Phi) is 4.51. The summed E-state index contributed by atoms with van der Waals surface area (Å²) < 4.78 is 0. The molecule has 1 atom stereocenters. The highest BCUT2D eigenvalue weighted by Gasteiger charge is 2.23. The molecule has 1 aromatic heterocycles. The predicted octanol–water partition coefficient (Wildman–Crippen LogP) is 4.41. The Labute approximate surface area is 137 Å². The third kappa shape index (κ3) is 2.77. The second-order valence-corrected chi connectivity index (χ2v) is 5.84. The Balaban J connectivity index is 0.00000144. The fraction of sp³-hybridized carbons (Fsp3) is 0.263. The lowest BCUT2D eigenvalue weighted by molar-refractivity contribution is 0.476. The zero-order chi connectivity index (χ0) is 14.1. The highest BCUT2D eigenvalue weighted by atomic mass is 35.5. The van der Waals surface area contributed by atoms with Crippen molar-refractivity contribution in [3.05, 3.63) is 71.4 Å². The minimum Gasteiger partial charge on any atom is -0.358 e. The number of aromatic amines is 1. The molecule has 1 unspecified atom stereocenters. The van der Waals surface area contributed by atoms with E-state index in [1.807, 2.05) is 0 Å². The first-order chi connectivity index (χ1) is 10.4. The van der Waals surface area contributed by atoms with E-state index < -0.39 is 0 Å². The second-order valence-electron chi connectivity index (χ2n) is 5.84. The predicted molar refractivity (Wildman–Crippen MR) is 94.8 cm³/mol. The van der Waals surface area contributed by atoms with Gasteiger partial charge in [-0.25, -0.2) is 0 Å². The molecule has 4 rings (SSSR count). The summed E-state index contributed by atoms with van der Waals surface area (Å²) in [7, 11) is 0. The van der Waals surface area contributed by atoms with E-state index in [2.05, 4.69) is 64.9 Å². The molecule has 22 heavy (non-hydrogen) atoms. The summed E-state index contributed by atoms with van der Waals surface area (Å²) in [6.45, 7) is 1.07. The van der Waals surface area contributed by atoms with E-state index in [1.54, 1.807) is 0 Å². The van der Waals surface area contributed by atoms with E-state index in [0.717, 1.165) is 25.8 Å². The molecule has 3 heteroatoms. The van der Waals surface area contributed by atoms with Gasteiger partial charge in [0.25, 0.3) is 0 Å². The number of benzene rings is 2. The molecule has 0 saturated heterocycles. The molecule has 0 spiro atoms. The Bertz CT molecular complexity index is 748. The molecular weight excluding hydrogens is 292 g/mol. The molecule has 114 valence electrons. The van der Waals surface area contributed by atoms with Crippen LogP contribution in [0.15, 0.2) is 54.6 Å². The topological polar surface area (TPSA) is 27.8 Å². The van der Waals surface area contributed by atoms with E-state index in [9.17, 15) is 0 Å². The largest absolute Gasteiger partial charge is 0.358 e. The van der Waals surface area contributed by atoms with Crippen molar-refractivity contribution in [2.75, 3.05) is 6.54 Å². The third-order valence-electron chi connectivity index (χ3n) is 4.51. The number of rotatable bonds is 3. The first-order valence-electron chi connectivity index (χ1n) is 7.78. The lowest BCUT2D eigenvalue weighted by atomic mass is 9.93. The number of halogens is 1. The van der Waals surface area contributed by atoms with Crippen LogP contribution in [-0.2, 0) is 12.8 Å². The Morgan fingerprint density at radius 3 is 2.59 bits per heavy atom. The van der Waals surface area contributed by atoms with Crippen molar-refractivity contribution in [2.45, 2.75) is 25.3 Å². The normalized spacial score (nSPS) is 17.0. The van der Waals surface area contributed by atoms with Gasteiger partial charge in [0.15, 0.2) is 0 Å². The van der Waals surface area contributed by atoms with Gasteiger partial charge in [0.1, 0.15) is 0 Å². The molecule has 2 nitrogen and oxygen atoms in total. The van der Waals surface area contributed by atoms with Crippen molar-refractivity contribution >= 4 is 23.3 Å². The maximum atomic E-state index is 3.70. The zero-order valence-electron chi connectivity index (χ0n) is 12.5. The van der Waals surface area contributed by atoms with Gasteiger partial charge in [0, 0.05) is 35.6 Å². The van der Waals surface area contributed by atoms with Crippen molar-refractivity contribution in [1.29, 1.82) is 0 Å². The quantitative estimate of drug-likeness (QED) is 0.736. The summed E-state index contributed by atoms with van der Waals surface area (Å²) in [5, 5.41) is 5.09. The van der Waals surface area contributed by atoms with Crippen LogP contribution in [0.3, 0.4) is 0 Å². The molecular formula is C19H21ClN2. The van der Waals surface area contributed by atoms with Crippen LogP contribution in [-0.4, -0.2) is 11.5 Å². The Morgan fingerprint density at radius 2 is 1.73 bits per heavy atom. The molecule has 2 N–H and O–H groups in total. The van der Waals surface area contributed by atoms with Gasteiger partial charge in [-0.2, -0.15) is 0 Å². The Hall–Kier alpha value is -1.77. The van der Waals surface area contributed by atoms with Gasteiger partial charge in [-0.15, -0.1) is 12.4 Å². The third-order valence-corrected chi connectivity index (χ3v) is 4.51. The number of hydrogen-bond acceptors (Lipinski definition) is 1. The lowest BCUT2D eigenvalue weighted by Crippen LogP contribution is -2.29. The lowest BCUT2D eigenvalue weighted by Gasteiger charge is -2.25. The van der Waals surface area contributed by atoms with Crippen LogP contribution in [0, 0.1) is 0 Å². The highest BCUT2D eigenvalue weighted by Crippen LogP contribution is 2.33. The summed E-state index contributed by atoms with van der Waals surface area (Å²) in [6, 6.07) is 19.9. The van der Waals surface area contributed by atoms with Gasteiger partial charge in [-0.3, -0.25) is 0 Å². The zero-order valence-corrected chi connectivity index (χ0v) is 13.3. The van der Waals surface area contributed by atoms with E-state index >= 15 is 0 Å². The van der Waals surface area contributed by atoms with Gasteiger partial charge in [-0.05, 0) is 30.0 Å². The molecule has 2 heterocycles. The van der Waals surface area contributed by atoms with Crippen LogP contribution >= 0.6 is 12.4 Å². The summed E-state index contributed by atoms with van der Waals surface area (Å²) in [5.74, 6) is 0. The van der Waals surface area contributed by atoms with Crippen LogP contribution in [0.25, 0.3) is 10.9 Å². The SMILES string of the molecule is Cl.c1ccc(CCC2NCCc3[nH]c4ccccc4c32)cc1. The highest BCUT2D eigenvalue weighted by molar-refractivity contribution is 5.85. The summed E-state index contributed by atoms with van der Waals surface area (Å²) in [5.41, 5.74) is 5.61. The summed E-state index contributed by atoms with van der Waals surface area (Å²) in [4.78, 5) is 3.60. The summed E-state index contributed by atoms with van der Waals surface area (Å²) in [6.07, 6.45) is 3.38. The summed E-state index contributed by atoms with van der Waals surface area (Å²) >= 11 is 0. The standard InChI is InChI=1S/C19H20N2.ClH/c1-2-6-14(7-3-1)10-11-17-19-15-8-4-5-9-16(15)21-18(19)12-13-20-17;/h1-9,17,20-21H,10-13H2;1H. The van der Waals surface area contributed by atoms with E-state index in [0.29, 0.717) is 6.04 Å². The van der Waals surface area contributed by atoms with Gasteiger partial charge in [0.2, 0.25) is 0 Å². The van der Waals surface area contributed by atoms with Gasteiger partial charge >= 0.3 is 0 Å². The molecule has 0 radical (unpaired) electrons. The average molecular weight is 313 g/mol. The number of fused-ring (bicyclic) bond motifs is 3. The van der Waals surface area contributed by atoms with Crippen molar-refractivity contribution in [3.8, 4) is 0 Å². The van der Waals surface area contributed by atoms with Crippen molar-refractivity contribution in [3.63, 3.8) is 0 Å². The van der Waals surface area contributed by atoms with E-state index in [-0.39, 0.29) is 12.4 Å². The second kappa shape index (κ2) is 6.55.